The molecule has 0 spiro atoms. The number of amides is 2. The fourth-order valence-corrected chi connectivity index (χ4v) is 3.35. The molecule has 0 aromatic heterocycles. The van der Waals surface area contributed by atoms with Crippen LogP contribution in [0, 0.1) is 11.8 Å². The highest BCUT2D eigenvalue weighted by atomic mass is 16.2. The normalized spacial score (nSPS) is 32.5. The topological polar surface area (TPSA) is 89.4 Å². The predicted octanol–water partition coefficient (Wildman–Crippen LogP) is 0.228. The van der Waals surface area contributed by atoms with Crippen LogP contribution in [0.1, 0.15) is 38.5 Å². The fraction of sp³-hybridized carbons (Fsp3) is 0.846. The second-order valence-electron chi connectivity index (χ2n) is 5.48. The van der Waals surface area contributed by atoms with Crippen molar-refractivity contribution in [3.8, 4) is 0 Å². The maximum atomic E-state index is 12.5. The monoisotopic (exact) mass is 253 g/mol. The van der Waals surface area contributed by atoms with Crippen LogP contribution in [0.3, 0.4) is 0 Å². The van der Waals surface area contributed by atoms with Crippen molar-refractivity contribution >= 4 is 11.8 Å². The van der Waals surface area contributed by atoms with Crippen LogP contribution >= 0.6 is 0 Å². The van der Waals surface area contributed by atoms with E-state index in [0.717, 1.165) is 32.1 Å². The van der Waals surface area contributed by atoms with Crippen molar-refractivity contribution in [2.45, 2.75) is 44.6 Å². The van der Waals surface area contributed by atoms with Gasteiger partial charge in [0.25, 0.3) is 0 Å². The minimum atomic E-state index is -0.398. The predicted molar refractivity (Wildman–Crippen MR) is 68.4 cm³/mol. The van der Waals surface area contributed by atoms with Crippen molar-refractivity contribution in [1.82, 2.24) is 4.90 Å². The van der Waals surface area contributed by atoms with E-state index in [1.54, 1.807) is 4.90 Å². The fourth-order valence-electron chi connectivity index (χ4n) is 3.35. The van der Waals surface area contributed by atoms with Crippen molar-refractivity contribution in [3.63, 3.8) is 0 Å². The van der Waals surface area contributed by atoms with Crippen LogP contribution in [0.15, 0.2) is 0 Å². The Morgan fingerprint density at radius 2 is 1.89 bits per heavy atom. The second-order valence-corrected chi connectivity index (χ2v) is 5.48. The number of hydrogen-bond acceptors (Lipinski definition) is 3. The summed E-state index contributed by atoms with van der Waals surface area (Å²) in [6.07, 6.45) is 5.65. The van der Waals surface area contributed by atoms with Crippen molar-refractivity contribution in [1.29, 1.82) is 0 Å². The van der Waals surface area contributed by atoms with E-state index in [0.29, 0.717) is 19.5 Å². The molecule has 0 radical (unpaired) electrons. The molecule has 102 valence electrons. The number of primary amides is 1. The van der Waals surface area contributed by atoms with E-state index in [4.69, 9.17) is 11.5 Å². The highest BCUT2D eigenvalue weighted by molar-refractivity contribution is 5.88. The number of carbonyl (C=O) groups is 2. The SMILES string of the molecule is NC[C@H]1CCC[C@H]1C(=O)N1CCCCC1C(N)=O. The summed E-state index contributed by atoms with van der Waals surface area (Å²) in [5.74, 6) is 0.0275. The number of nitrogens with zero attached hydrogens (tertiary/aromatic N) is 1. The number of carbonyl (C=O) groups excluding carboxylic acids is 2. The lowest BCUT2D eigenvalue weighted by atomic mass is 9.92. The Balaban J connectivity index is 2.08. The van der Waals surface area contributed by atoms with Gasteiger partial charge in [0, 0.05) is 12.5 Å². The van der Waals surface area contributed by atoms with Gasteiger partial charge in [0.1, 0.15) is 6.04 Å². The highest BCUT2D eigenvalue weighted by Gasteiger charge is 2.39. The summed E-state index contributed by atoms with van der Waals surface area (Å²) in [6.45, 7) is 1.23. The summed E-state index contributed by atoms with van der Waals surface area (Å²) in [4.78, 5) is 25.7. The third-order valence-corrected chi connectivity index (χ3v) is 4.39. The van der Waals surface area contributed by atoms with Crippen molar-refractivity contribution < 1.29 is 9.59 Å². The van der Waals surface area contributed by atoms with Gasteiger partial charge < -0.3 is 16.4 Å². The van der Waals surface area contributed by atoms with E-state index in [-0.39, 0.29) is 23.7 Å². The molecular weight excluding hydrogens is 230 g/mol. The van der Waals surface area contributed by atoms with Crippen LogP contribution in [-0.2, 0) is 9.59 Å². The first-order valence-corrected chi connectivity index (χ1v) is 6.95. The lowest BCUT2D eigenvalue weighted by molar-refractivity contribution is -0.145. The lowest BCUT2D eigenvalue weighted by Gasteiger charge is -2.36. The van der Waals surface area contributed by atoms with Crippen LogP contribution in [0.25, 0.3) is 0 Å². The Bertz CT molecular complexity index is 332. The van der Waals surface area contributed by atoms with Crippen LogP contribution in [-0.4, -0.2) is 35.8 Å². The van der Waals surface area contributed by atoms with Gasteiger partial charge in [-0.15, -0.1) is 0 Å². The summed E-state index contributed by atoms with van der Waals surface area (Å²) >= 11 is 0. The molecule has 3 atom stereocenters. The molecule has 2 rings (SSSR count). The molecule has 0 aromatic carbocycles. The maximum absolute atomic E-state index is 12.5. The number of piperidine rings is 1. The third-order valence-electron chi connectivity index (χ3n) is 4.39. The van der Waals surface area contributed by atoms with Gasteiger partial charge in [-0.3, -0.25) is 9.59 Å². The molecule has 1 aliphatic carbocycles. The highest BCUT2D eigenvalue weighted by Crippen LogP contribution is 2.33. The van der Waals surface area contributed by atoms with Gasteiger partial charge in [-0.25, -0.2) is 0 Å². The molecule has 1 saturated heterocycles. The molecule has 1 saturated carbocycles. The number of likely N-dealkylation sites (tertiary alicyclic amines) is 1. The number of nitrogens with two attached hydrogens (primary N) is 2. The minimum absolute atomic E-state index is 0.00921. The van der Waals surface area contributed by atoms with Gasteiger partial charge >= 0.3 is 0 Å². The van der Waals surface area contributed by atoms with Gasteiger partial charge in [0.15, 0.2) is 0 Å². The molecule has 18 heavy (non-hydrogen) atoms. The third kappa shape index (κ3) is 2.51. The van der Waals surface area contributed by atoms with E-state index in [2.05, 4.69) is 0 Å². The molecule has 0 bridgehead atoms. The van der Waals surface area contributed by atoms with Crippen LogP contribution < -0.4 is 11.5 Å². The van der Waals surface area contributed by atoms with Crippen molar-refractivity contribution in [2.24, 2.45) is 23.3 Å². The van der Waals surface area contributed by atoms with E-state index in [1.165, 1.54) is 0 Å². The average Bonchev–Trinajstić information content (AvgIpc) is 2.86. The first-order valence-electron chi connectivity index (χ1n) is 6.95. The maximum Gasteiger partial charge on any atom is 0.240 e. The Morgan fingerprint density at radius 1 is 1.11 bits per heavy atom. The molecular formula is C13H23N3O2. The van der Waals surface area contributed by atoms with Gasteiger partial charge in [-0.2, -0.15) is 0 Å². The van der Waals surface area contributed by atoms with E-state index in [1.807, 2.05) is 0 Å². The first kappa shape index (κ1) is 13.3. The molecule has 1 heterocycles. The number of hydrogen-bond donors (Lipinski definition) is 2. The molecule has 5 heteroatoms. The molecule has 5 nitrogen and oxygen atoms in total. The van der Waals surface area contributed by atoms with Gasteiger partial charge in [-0.1, -0.05) is 6.42 Å². The molecule has 1 unspecified atom stereocenters. The van der Waals surface area contributed by atoms with E-state index >= 15 is 0 Å². The zero-order valence-corrected chi connectivity index (χ0v) is 10.8. The molecule has 4 N–H and O–H groups in total. The van der Waals surface area contributed by atoms with Crippen molar-refractivity contribution in [3.05, 3.63) is 0 Å². The second kappa shape index (κ2) is 5.69. The standard InChI is InChI=1S/C13H23N3O2/c14-8-9-4-3-5-10(9)13(18)16-7-2-1-6-11(16)12(15)17/h9-11H,1-8,14H2,(H2,15,17)/t9-,10-,11?/m1/s1. The van der Waals surface area contributed by atoms with Crippen LogP contribution in [0.5, 0.6) is 0 Å². The van der Waals surface area contributed by atoms with Gasteiger partial charge in [0.2, 0.25) is 11.8 Å². The lowest BCUT2D eigenvalue weighted by Crippen LogP contribution is -2.53. The molecule has 2 aliphatic rings. The first-order chi connectivity index (χ1) is 8.65. The van der Waals surface area contributed by atoms with E-state index in [9.17, 15) is 9.59 Å². The largest absolute Gasteiger partial charge is 0.368 e. The molecule has 0 aromatic rings. The quantitative estimate of drug-likeness (QED) is 0.754. The Hall–Kier alpha value is -1.10. The molecule has 2 fully saturated rings. The molecule has 2 amide bonds. The van der Waals surface area contributed by atoms with Gasteiger partial charge in [-0.05, 0) is 44.6 Å². The summed E-state index contributed by atoms with van der Waals surface area (Å²) in [5.41, 5.74) is 11.1. The summed E-state index contributed by atoms with van der Waals surface area (Å²) in [7, 11) is 0. The summed E-state index contributed by atoms with van der Waals surface area (Å²) < 4.78 is 0. The van der Waals surface area contributed by atoms with Gasteiger partial charge in [0.05, 0.1) is 0 Å². The van der Waals surface area contributed by atoms with E-state index < -0.39 is 6.04 Å². The summed E-state index contributed by atoms with van der Waals surface area (Å²) in [6, 6.07) is -0.398. The smallest absolute Gasteiger partial charge is 0.240 e. The zero-order valence-electron chi connectivity index (χ0n) is 10.8. The Labute approximate surface area is 108 Å². The zero-order chi connectivity index (χ0) is 13.1. The minimum Gasteiger partial charge on any atom is -0.368 e. The van der Waals surface area contributed by atoms with Crippen LogP contribution in [0.2, 0.25) is 0 Å². The summed E-state index contributed by atoms with van der Waals surface area (Å²) in [5, 5.41) is 0. The van der Waals surface area contributed by atoms with Crippen molar-refractivity contribution in [2.75, 3.05) is 13.1 Å². The Morgan fingerprint density at radius 3 is 2.56 bits per heavy atom. The Kier molecular flexibility index (Phi) is 4.22. The average molecular weight is 253 g/mol. The molecule has 1 aliphatic heterocycles. The number of rotatable bonds is 3. The van der Waals surface area contributed by atoms with Crippen LogP contribution in [0.4, 0.5) is 0 Å².